The zero-order chi connectivity index (χ0) is 52.4. The Labute approximate surface area is 427 Å². The number of cyclic esters (lactones) is 1. The molecule has 0 spiro atoms. The number of esters is 1. The molecule has 6 bridgehead atoms. The summed E-state index contributed by atoms with van der Waals surface area (Å²) in [6.07, 6.45) is 2.67. The fourth-order valence-corrected chi connectivity index (χ4v) is 10.5. The fourth-order valence-electron chi connectivity index (χ4n) is 9.65. The van der Waals surface area contributed by atoms with Gasteiger partial charge in [-0.2, -0.15) is 5.43 Å². The van der Waals surface area contributed by atoms with Crippen molar-refractivity contribution in [3.8, 4) is 34.4 Å². The molecular weight excluding hydrogens is 937 g/mol. The molecule has 7 rings (SSSR count). The minimum Gasteiger partial charge on any atom is -0.462 e. The molecule has 0 saturated carbocycles. The van der Waals surface area contributed by atoms with Gasteiger partial charge in [0.2, 0.25) is 11.6 Å². The lowest BCUT2D eigenvalue weighted by Crippen LogP contribution is -2.67. The van der Waals surface area contributed by atoms with E-state index in [1.807, 2.05) is 85.0 Å². The highest BCUT2D eigenvalue weighted by molar-refractivity contribution is 7.10. The van der Waals surface area contributed by atoms with E-state index in [9.17, 15) is 29.1 Å². The molecule has 0 unspecified atom stereocenters. The number of hydrazine groups is 1. The summed E-state index contributed by atoms with van der Waals surface area (Å²) in [5.41, 5.74) is 5.61. The quantitative estimate of drug-likeness (QED) is 0.142. The van der Waals surface area contributed by atoms with Gasteiger partial charge in [0.15, 0.2) is 0 Å². The summed E-state index contributed by atoms with van der Waals surface area (Å²) in [5, 5.41) is 19.5. The number of hydrogen-bond donors (Lipinski definition) is 3. The zero-order valence-corrected chi connectivity index (χ0v) is 44.7. The Hall–Kier alpha value is -5.91. The van der Waals surface area contributed by atoms with Crippen molar-refractivity contribution in [3.63, 3.8) is 0 Å². The number of pyridine rings is 1. The minimum absolute atomic E-state index is 0.00141. The number of hydrogen-bond acceptors (Lipinski definition) is 13. The summed E-state index contributed by atoms with van der Waals surface area (Å²) in [5.74, 6) is 2.86. The number of urea groups is 1. The first-order chi connectivity index (χ1) is 34.0. The molecule has 4 atom stereocenters. The van der Waals surface area contributed by atoms with Crippen LogP contribution in [0.4, 0.5) is 4.79 Å². The molecule has 6 heterocycles. The smallest absolute Gasteiger partial charge is 0.355 e. The summed E-state index contributed by atoms with van der Waals surface area (Å²) in [6, 6.07) is 7.50. The number of fused-ring (bicyclic) bond motifs is 6. The average molecular weight is 1010 g/mol. The largest absolute Gasteiger partial charge is 0.462 e. The van der Waals surface area contributed by atoms with Crippen molar-refractivity contribution in [1.29, 1.82) is 0 Å². The molecule has 2 saturated heterocycles. The third kappa shape index (κ3) is 11.3. The van der Waals surface area contributed by atoms with Gasteiger partial charge < -0.3 is 39.2 Å². The molecular formula is C53H72N10O8S. The Kier molecular flexibility index (Phi) is 16.2. The number of methoxy groups -OCH3 is 1. The molecule has 5 amide bonds. The van der Waals surface area contributed by atoms with Crippen LogP contribution in [-0.4, -0.2) is 158 Å². The normalized spacial score (nSPS) is 20.7. The predicted octanol–water partition coefficient (Wildman–Crippen LogP) is 5.43. The van der Waals surface area contributed by atoms with E-state index < -0.39 is 64.4 Å². The standard InChI is InChI=1S/C53H72N10O8S/c1-13-62-41-19-18-35-27-37(41)38(46(62)36-17-14-23-54-44(36)34(4)70-12)29-51(5,6)31-71-49(67)53(69)21-15-26-63(57-53)48(66)39(28-42-55-40(35)30-72-42)56-47(65)45(33(2)3)59(11)50(68)61-25-16-24-60(32-61)43(64)20-22-52(7,8)58(9)10/h14,17-19,23,27,30,33-34,39,45,57,69H,13,15-16,21,24-26,28-29,31-32H2,1-12H3,(H,56,65)/t34-,39-,45-,53-/m0/s1. The number of carbonyl (C=O) groups is 5. The maximum absolute atomic E-state index is 14.8. The molecule has 3 aliphatic heterocycles. The third-order valence-electron chi connectivity index (χ3n) is 14.2. The first-order valence-electron chi connectivity index (χ1n) is 24.9. The molecule has 0 aliphatic carbocycles. The molecule has 19 heteroatoms. The van der Waals surface area contributed by atoms with Gasteiger partial charge in [-0.1, -0.05) is 39.7 Å². The third-order valence-corrected chi connectivity index (χ3v) is 15.1. The van der Waals surface area contributed by atoms with Crippen LogP contribution in [0.1, 0.15) is 97.0 Å². The molecule has 72 heavy (non-hydrogen) atoms. The number of aliphatic hydroxyl groups is 1. The highest BCUT2D eigenvalue weighted by Crippen LogP contribution is 2.42. The molecule has 18 nitrogen and oxygen atoms in total. The van der Waals surface area contributed by atoms with Gasteiger partial charge in [-0.3, -0.25) is 29.3 Å². The van der Waals surface area contributed by atoms with Gasteiger partial charge in [0, 0.05) is 92.2 Å². The number of thiazole rings is 1. The predicted molar refractivity (Wildman–Crippen MR) is 276 cm³/mol. The van der Waals surface area contributed by atoms with Crippen molar-refractivity contribution in [2.45, 2.75) is 123 Å². The highest BCUT2D eigenvalue weighted by Gasteiger charge is 2.46. The molecule has 3 N–H and O–H groups in total. The number of aryl methyl sites for hydroxylation is 1. The SMILES string of the molecule is CCn1c(-c2cccnc2[C@H](C)OC)c2c3cc(ccc31)-c1csc(n1)C[C@H](NC(=O)[C@H](C(C)C)N(C)C(=O)N1CCCN(C(=O)C#CC(C)(C)N(C)C)C1)C(=O)N1CCC[C@@](O)(N1)C(=O)OCC(C)(C)C2. The van der Waals surface area contributed by atoms with Gasteiger partial charge >= 0.3 is 12.0 Å². The Bertz CT molecular complexity index is 2760. The maximum atomic E-state index is 14.8. The summed E-state index contributed by atoms with van der Waals surface area (Å²) in [6.45, 7) is 17.1. The van der Waals surface area contributed by atoms with E-state index in [1.54, 1.807) is 20.4 Å². The number of rotatable bonds is 9. The Balaban J connectivity index is 1.23. The summed E-state index contributed by atoms with van der Waals surface area (Å²) in [7, 11) is 6.98. The number of carbonyl (C=O) groups excluding carboxylic acids is 5. The van der Waals surface area contributed by atoms with Crippen LogP contribution in [0.5, 0.6) is 0 Å². The van der Waals surface area contributed by atoms with Crippen molar-refractivity contribution < 1.29 is 38.6 Å². The van der Waals surface area contributed by atoms with Crippen LogP contribution in [0.3, 0.4) is 0 Å². The van der Waals surface area contributed by atoms with Gasteiger partial charge in [0.05, 0.1) is 47.0 Å². The molecule has 4 aromatic rings. The second-order valence-electron chi connectivity index (χ2n) is 21.1. The van der Waals surface area contributed by atoms with E-state index >= 15 is 0 Å². The van der Waals surface area contributed by atoms with Gasteiger partial charge in [0.1, 0.15) is 12.1 Å². The lowest BCUT2D eigenvalue weighted by atomic mass is 9.84. The number of nitrogens with one attached hydrogen (secondary N) is 2. The Morgan fingerprint density at radius 3 is 2.51 bits per heavy atom. The van der Waals surface area contributed by atoms with Crippen LogP contribution >= 0.6 is 11.3 Å². The van der Waals surface area contributed by atoms with Crippen LogP contribution in [-0.2, 0) is 48.0 Å². The average Bonchev–Trinajstić information content (AvgIpc) is 3.95. The van der Waals surface area contributed by atoms with Gasteiger partial charge in [-0.15, -0.1) is 11.3 Å². The van der Waals surface area contributed by atoms with E-state index in [0.29, 0.717) is 43.2 Å². The second-order valence-corrected chi connectivity index (χ2v) is 22.0. The van der Waals surface area contributed by atoms with Crippen LogP contribution in [0.15, 0.2) is 41.9 Å². The van der Waals surface area contributed by atoms with Crippen molar-refractivity contribution in [3.05, 3.63) is 58.2 Å². The highest BCUT2D eigenvalue weighted by atomic mass is 32.1. The number of likely N-dealkylation sites (N-methyl/N-ethyl adjacent to an activating group) is 1. The first-order valence-corrected chi connectivity index (χ1v) is 25.8. The van der Waals surface area contributed by atoms with Crippen molar-refractivity contribution in [2.75, 3.05) is 61.2 Å². The summed E-state index contributed by atoms with van der Waals surface area (Å²) >= 11 is 1.35. The van der Waals surface area contributed by atoms with E-state index in [2.05, 4.69) is 52.3 Å². The molecule has 3 aromatic heterocycles. The van der Waals surface area contributed by atoms with Crippen molar-refractivity contribution in [1.82, 2.24) is 49.9 Å². The van der Waals surface area contributed by atoms with Gasteiger partial charge in [-0.25, -0.2) is 14.6 Å². The van der Waals surface area contributed by atoms with Gasteiger partial charge in [-0.05, 0) is 103 Å². The van der Waals surface area contributed by atoms with Crippen LogP contribution in [0, 0.1) is 23.2 Å². The molecule has 388 valence electrons. The molecule has 0 radical (unpaired) electrons. The van der Waals surface area contributed by atoms with E-state index in [1.165, 1.54) is 31.0 Å². The maximum Gasteiger partial charge on any atom is 0.355 e. The number of ether oxygens (including phenoxy) is 2. The molecule has 3 aliphatic rings. The minimum atomic E-state index is -2.25. The number of amides is 5. The van der Waals surface area contributed by atoms with Crippen LogP contribution in [0.2, 0.25) is 0 Å². The first kappa shape index (κ1) is 53.9. The van der Waals surface area contributed by atoms with Crippen molar-refractivity contribution in [2.24, 2.45) is 11.3 Å². The van der Waals surface area contributed by atoms with Crippen LogP contribution < -0.4 is 10.7 Å². The molecule has 2 fully saturated rings. The summed E-state index contributed by atoms with van der Waals surface area (Å²) < 4.78 is 14.1. The Morgan fingerprint density at radius 1 is 1.08 bits per heavy atom. The topological polar surface area (TPSA) is 195 Å². The van der Waals surface area contributed by atoms with Gasteiger partial charge in [0.25, 0.3) is 11.8 Å². The van der Waals surface area contributed by atoms with Crippen molar-refractivity contribution >= 4 is 52.0 Å². The number of benzene rings is 1. The number of aromatic nitrogens is 3. The Morgan fingerprint density at radius 2 is 1.82 bits per heavy atom. The second kappa shape index (κ2) is 21.7. The lowest BCUT2D eigenvalue weighted by Gasteiger charge is -2.41. The van der Waals surface area contributed by atoms with E-state index in [-0.39, 0.29) is 45.2 Å². The zero-order valence-electron chi connectivity index (χ0n) is 43.9. The van der Waals surface area contributed by atoms with E-state index in [0.717, 1.165) is 39.0 Å². The molecule has 1 aromatic carbocycles. The van der Waals surface area contributed by atoms with Crippen LogP contribution in [0.25, 0.3) is 33.4 Å². The number of nitrogens with zero attached hydrogens (tertiary/aromatic N) is 8. The monoisotopic (exact) mass is 1010 g/mol. The fraction of sp³-hybridized carbons (Fsp3) is 0.566. The summed E-state index contributed by atoms with van der Waals surface area (Å²) in [4.78, 5) is 87.1. The lowest BCUT2D eigenvalue weighted by molar-refractivity contribution is -0.189. The van der Waals surface area contributed by atoms with E-state index in [4.69, 9.17) is 19.4 Å².